The van der Waals surface area contributed by atoms with Crippen LogP contribution in [0.3, 0.4) is 0 Å². The molecule has 0 bridgehead atoms. The first-order chi connectivity index (χ1) is 8.62. The summed E-state index contributed by atoms with van der Waals surface area (Å²) in [5.74, 6) is -0.400. The zero-order chi connectivity index (χ0) is 13.5. The third-order valence-electron chi connectivity index (χ3n) is 2.22. The Morgan fingerprint density at radius 2 is 2.00 bits per heavy atom. The molecule has 0 aliphatic heterocycles. The van der Waals surface area contributed by atoms with Gasteiger partial charge in [0.15, 0.2) is 0 Å². The monoisotopic (exact) mass is 265 g/mol. The lowest BCUT2D eigenvalue weighted by molar-refractivity contribution is 0.0601. The first kappa shape index (κ1) is 14.2. The molecular formula is C13H15NO3S. The van der Waals surface area contributed by atoms with Crippen LogP contribution in [0.1, 0.15) is 17.3 Å². The molecule has 0 aliphatic rings. The van der Waals surface area contributed by atoms with Gasteiger partial charge in [-0.05, 0) is 31.2 Å². The summed E-state index contributed by atoms with van der Waals surface area (Å²) in [6.07, 6.45) is 3.25. The van der Waals surface area contributed by atoms with Crippen LogP contribution in [0.4, 0.5) is 5.69 Å². The van der Waals surface area contributed by atoms with Gasteiger partial charge in [-0.25, -0.2) is 9.00 Å². The van der Waals surface area contributed by atoms with Gasteiger partial charge in [-0.1, -0.05) is 18.7 Å². The smallest absolute Gasteiger partial charge is 0.337 e. The lowest BCUT2D eigenvalue weighted by atomic mass is 10.2. The van der Waals surface area contributed by atoms with E-state index in [1.807, 2.05) is 0 Å². The van der Waals surface area contributed by atoms with Crippen molar-refractivity contribution in [3.05, 3.63) is 53.5 Å². The van der Waals surface area contributed by atoms with Crippen molar-refractivity contribution in [2.45, 2.75) is 6.92 Å². The average Bonchev–Trinajstić information content (AvgIpc) is 2.40. The van der Waals surface area contributed by atoms with Crippen LogP contribution in [0.25, 0.3) is 0 Å². The Bertz CT molecular complexity index is 491. The zero-order valence-electron chi connectivity index (χ0n) is 10.3. The Kier molecular flexibility index (Phi) is 5.32. The van der Waals surface area contributed by atoms with Gasteiger partial charge >= 0.3 is 5.97 Å². The number of benzene rings is 1. The normalized spacial score (nSPS) is 12.7. The lowest BCUT2D eigenvalue weighted by Crippen LogP contribution is -2.06. The first-order valence-corrected chi connectivity index (χ1v) is 6.43. The summed E-state index contributed by atoms with van der Waals surface area (Å²) in [7, 11) is -0.0257. The molecule has 0 fully saturated rings. The molecule has 0 amide bonds. The summed E-state index contributed by atoms with van der Waals surface area (Å²) >= 11 is 0. The fourth-order valence-electron chi connectivity index (χ4n) is 1.26. The van der Waals surface area contributed by atoms with E-state index in [2.05, 4.69) is 16.0 Å². The van der Waals surface area contributed by atoms with E-state index in [1.54, 1.807) is 37.3 Å². The highest BCUT2D eigenvalue weighted by Gasteiger charge is 2.06. The first-order valence-electron chi connectivity index (χ1n) is 5.28. The lowest BCUT2D eigenvalue weighted by Gasteiger charge is -2.07. The van der Waals surface area contributed by atoms with E-state index in [0.717, 1.165) is 0 Å². The van der Waals surface area contributed by atoms with Crippen LogP contribution in [0, 0.1) is 0 Å². The van der Waals surface area contributed by atoms with Crippen LogP contribution in [0.2, 0.25) is 0 Å². The van der Waals surface area contributed by atoms with Gasteiger partial charge in [0.05, 0.1) is 17.6 Å². The quantitative estimate of drug-likeness (QED) is 0.657. The number of hydrogen-bond donors (Lipinski definition) is 1. The van der Waals surface area contributed by atoms with E-state index in [4.69, 9.17) is 0 Å². The van der Waals surface area contributed by atoms with Gasteiger partial charge < -0.3 is 9.46 Å². The second kappa shape index (κ2) is 6.76. The van der Waals surface area contributed by atoms with Crippen molar-refractivity contribution in [1.82, 2.24) is 0 Å². The van der Waals surface area contributed by atoms with Gasteiger partial charge in [0, 0.05) is 5.69 Å². The minimum Gasteiger partial charge on any atom is -0.465 e. The van der Waals surface area contributed by atoms with Gasteiger partial charge in [-0.15, -0.1) is 0 Å². The SMILES string of the molecule is C=C/C(=C\C)S(=O)Nc1ccc(C(=O)OC)cc1. The van der Waals surface area contributed by atoms with E-state index >= 15 is 0 Å². The Morgan fingerprint density at radius 3 is 2.44 bits per heavy atom. The maximum atomic E-state index is 11.8. The van der Waals surface area contributed by atoms with Gasteiger partial charge in [0.25, 0.3) is 0 Å². The molecule has 0 radical (unpaired) electrons. The number of hydrogen-bond acceptors (Lipinski definition) is 3. The van der Waals surface area contributed by atoms with E-state index in [-0.39, 0.29) is 0 Å². The molecule has 1 atom stereocenters. The summed E-state index contributed by atoms with van der Waals surface area (Å²) in [6, 6.07) is 6.55. The predicted octanol–water partition coefficient (Wildman–Crippen LogP) is 2.64. The van der Waals surface area contributed by atoms with Gasteiger partial charge in [-0.2, -0.15) is 0 Å². The molecule has 0 aliphatic carbocycles. The van der Waals surface area contributed by atoms with Crippen molar-refractivity contribution in [3.8, 4) is 0 Å². The molecule has 4 nitrogen and oxygen atoms in total. The fraction of sp³-hybridized carbons (Fsp3) is 0.154. The number of methoxy groups -OCH3 is 1. The van der Waals surface area contributed by atoms with E-state index in [9.17, 15) is 9.00 Å². The number of nitrogens with one attached hydrogen (secondary N) is 1. The molecule has 18 heavy (non-hydrogen) atoms. The van der Waals surface area contributed by atoms with Crippen molar-refractivity contribution in [3.63, 3.8) is 0 Å². The second-order valence-corrected chi connectivity index (χ2v) is 4.55. The number of carbonyl (C=O) groups excluding carboxylic acids is 1. The number of rotatable bonds is 5. The van der Waals surface area contributed by atoms with Gasteiger partial charge in [-0.3, -0.25) is 0 Å². The molecule has 1 unspecified atom stereocenters. The maximum absolute atomic E-state index is 11.8. The van der Waals surface area contributed by atoms with Crippen LogP contribution >= 0.6 is 0 Å². The Labute approximate surface area is 109 Å². The molecule has 5 heteroatoms. The molecular weight excluding hydrogens is 250 g/mol. The minimum atomic E-state index is -1.35. The molecule has 1 N–H and O–H groups in total. The van der Waals surface area contributed by atoms with Crippen molar-refractivity contribution >= 4 is 22.6 Å². The summed E-state index contributed by atoms with van der Waals surface area (Å²) in [4.78, 5) is 11.8. The summed E-state index contributed by atoms with van der Waals surface area (Å²) in [6.45, 7) is 5.37. The van der Waals surface area contributed by atoms with Crippen molar-refractivity contribution < 1.29 is 13.7 Å². The topological polar surface area (TPSA) is 55.4 Å². The molecule has 0 heterocycles. The van der Waals surface area contributed by atoms with Crippen LogP contribution in [-0.2, 0) is 15.7 Å². The van der Waals surface area contributed by atoms with Crippen LogP contribution in [0.5, 0.6) is 0 Å². The van der Waals surface area contributed by atoms with Crippen molar-refractivity contribution in [2.75, 3.05) is 11.8 Å². The number of allylic oxidation sites excluding steroid dienone is 2. The average molecular weight is 265 g/mol. The summed E-state index contributed by atoms with van der Waals surface area (Å²) in [5, 5.41) is 0. The standard InChI is InChI=1S/C13H15NO3S/c1-4-12(5-2)18(16)14-11-8-6-10(7-9-11)13(15)17-3/h4-9,14H,1H2,2-3H3/b12-5+. The third-order valence-corrected chi connectivity index (χ3v) is 3.47. The maximum Gasteiger partial charge on any atom is 0.337 e. The van der Waals surface area contributed by atoms with E-state index in [0.29, 0.717) is 16.2 Å². The van der Waals surface area contributed by atoms with Crippen LogP contribution in [0.15, 0.2) is 47.9 Å². The molecule has 0 spiro atoms. The summed E-state index contributed by atoms with van der Waals surface area (Å²) < 4.78 is 19.2. The number of carbonyl (C=O) groups is 1. The third kappa shape index (κ3) is 3.56. The van der Waals surface area contributed by atoms with Crippen LogP contribution < -0.4 is 4.72 Å². The molecule has 0 saturated heterocycles. The van der Waals surface area contributed by atoms with Crippen molar-refractivity contribution in [1.29, 1.82) is 0 Å². The largest absolute Gasteiger partial charge is 0.465 e. The summed E-state index contributed by atoms with van der Waals surface area (Å²) in [5.41, 5.74) is 1.10. The highest BCUT2D eigenvalue weighted by atomic mass is 32.2. The Morgan fingerprint density at radius 1 is 1.39 bits per heavy atom. The van der Waals surface area contributed by atoms with Gasteiger partial charge in [0.1, 0.15) is 11.0 Å². The number of anilines is 1. The second-order valence-electron chi connectivity index (χ2n) is 3.33. The molecule has 1 aromatic carbocycles. The molecule has 0 aromatic heterocycles. The Hall–Kier alpha value is -1.88. The Balaban J connectivity index is 2.78. The van der Waals surface area contributed by atoms with Crippen LogP contribution in [-0.4, -0.2) is 17.3 Å². The van der Waals surface area contributed by atoms with Crippen molar-refractivity contribution in [2.24, 2.45) is 0 Å². The highest BCUT2D eigenvalue weighted by molar-refractivity contribution is 7.90. The number of ether oxygens (including phenoxy) is 1. The van der Waals surface area contributed by atoms with Gasteiger partial charge in [0.2, 0.25) is 0 Å². The molecule has 1 aromatic rings. The zero-order valence-corrected chi connectivity index (χ0v) is 11.1. The fourth-order valence-corrected chi connectivity index (χ4v) is 2.09. The van der Waals surface area contributed by atoms with E-state index in [1.165, 1.54) is 13.2 Å². The molecule has 96 valence electrons. The molecule has 1 rings (SSSR count). The minimum absolute atomic E-state index is 0.400. The van der Waals surface area contributed by atoms with E-state index < -0.39 is 17.0 Å². The molecule has 0 saturated carbocycles. The number of esters is 1. The predicted molar refractivity (Wildman–Crippen MR) is 73.5 cm³/mol. The highest BCUT2D eigenvalue weighted by Crippen LogP contribution is 2.13.